The molecular formula is C26H16ClN. The maximum absolute atomic E-state index is 6.62. The van der Waals surface area contributed by atoms with Crippen molar-refractivity contribution in [2.24, 2.45) is 0 Å². The molecule has 1 nitrogen and oxygen atoms in total. The number of hydrogen-bond acceptors (Lipinski definition) is 0. The lowest BCUT2D eigenvalue weighted by Gasteiger charge is -2.10. The van der Waals surface area contributed by atoms with Gasteiger partial charge >= 0.3 is 0 Å². The minimum atomic E-state index is 0.796. The van der Waals surface area contributed by atoms with Crippen LogP contribution in [0.1, 0.15) is 0 Å². The van der Waals surface area contributed by atoms with Gasteiger partial charge in [0.15, 0.2) is 0 Å². The molecule has 6 aromatic rings. The Morgan fingerprint density at radius 1 is 0.536 bits per heavy atom. The lowest BCUT2D eigenvalue weighted by Crippen LogP contribution is -1.93. The van der Waals surface area contributed by atoms with Gasteiger partial charge in [0.2, 0.25) is 0 Å². The van der Waals surface area contributed by atoms with E-state index < -0.39 is 0 Å². The Hall–Kier alpha value is -3.29. The van der Waals surface area contributed by atoms with E-state index in [9.17, 15) is 0 Å². The molecule has 0 fully saturated rings. The van der Waals surface area contributed by atoms with Crippen LogP contribution >= 0.6 is 11.6 Å². The van der Waals surface area contributed by atoms with Gasteiger partial charge in [0, 0.05) is 26.9 Å². The molecule has 28 heavy (non-hydrogen) atoms. The van der Waals surface area contributed by atoms with E-state index in [1.54, 1.807) is 0 Å². The van der Waals surface area contributed by atoms with Gasteiger partial charge in [-0.2, -0.15) is 0 Å². The largest absolute Gasteiger partial charge is 0.309 e. The van der Waals surface area contributed by atoms with Gasteiger partial charge in [-0.3, -0.25) is 0 Å². The second kappa shape index (κ2) is 5.85. The van der Waals surface area contributed by atoms with E-state index in [4.69, 9.17) is 11.6 Å². The fourth-order valence-electron chi connectivity index (χ4n) is 4.38. The Kier molecular flexibility index (Phi) is 3.29. The monoisotopic (exact) mass is 377 g/mol. The summed E-state index contributed by atoms with van der Waals surface area (Å²) in [5.41, 5.74) is 3.58. The van der Waals surface area contributed by atoms with Crippen molar-refractivity contribution in [1.82, 2.24) is 4.57 Å². The van der Waals surface area contributed by atoms with Gasteiger partial charge in [-0.25, -0.2) is 0 Å². The zero-order chi connectivity index (χ0) is 18.7. The normalized spacial score (nSPS) is 11.8. The van der Waals surface area contributed by atoms with Crippen LogP contribution in [-0.2, 0) is 0 Å². The number of benzene rings is 5. The first-order valence-electron chi connectivity index (χ1n) is 9.41. The standard InChI is InChI=1S/C26H16ClN/c27-23-11-6-7-17-13-14-18-15-22-20-10-4-5-12-24(20)28(19-8-2-1-3-9-19)25(22)16-21(18)26(17)23/h1-16H. The second-order valence-electron chi connectivity index (χ2n) is 7.18. The molecule has 0 saturated heterocycles. The summed E-state index contributed by atoms with van der Waals surface area (Å²) in [7, 11) is 0. The Labute approximate surface area is 167 Å². The fraction of sp³-hybridized carbons (Fsp3) is 0. The molecule has 1 heterocycles. The molecule has 1 aromatic heterocycles. The SMILES string of the molecule is Clc1cccc2ccc3cc4c5ccccc5n(-c5ccccc5)c4cc3c12. The van der Waals surface area contributed by atoms with Gasteiger partial charge in [0.25, 0.3) is 0 Å². The van der Waals surface area contributed by atoms with Crippen molar-refractivity contribution in [2.45, 2.75) is 0 Å². The van der Waals surface area contributed by atoms with Crippen molar-refractivity contribution in [2.75, 3.05) is 0 Å². The third-order valence-electron chi connectivity index (χ3n) is 5.62. The van der Waals surface area contributed by atoms with Crippen molar-refractivity contribution < 1.29 is 0 Å². The van der Waals surface area contributed by atoms with Crippen LogP contribution < -0.4 is 0 Å². The highest BCUT2D eigenvalue weighted by Crippen LogP contribution is 2.38. The summed E-state index contributed by atoms with van der Waals surface area (Å²) in [5, 5.41) is 8.01. The molecule has 0 bridgehead atoms. The number of hydrogen-bond donors (Lipinski definition) is 0. The molecule has 0 unspecified atom stereocenters. The summed E-state index contributed by atoms with van der Waals surface area (Å²) >= 11 is 6.62. The van der Waals surface area contributed by atoms with Crippen LogP contribution in [0, 0.1) is 0 Å². The van der Waals surface area contributed by atoms with Crippen LogP contribution in [0.15, 0.2) is 97.1 Å². The Morgan fingerprint density at radius 3 is 2.21 bits per heavy atom. The van der Waals surface area contributed by atoms with Crippen LogP contribution in [0.4, 0.5) is 0 Å². The molecule has 0 atom stereocenters. The molecular weight excluding hydrogens is 362 g/mol. The third kappa shape index (κ3) is 2.14. The Balaban J connectivity index is 1.87. The van der Waals surface area contributed by atoms with Crippen LogP contribution in [0.5, 0.6) is 0 Å². The summed E-state index contributed by atoms with van der Waals surface area (Å²) < 4.78 is 2.35. The molecule has 0 N–H and O–H groups in total. The number of rotatable bonds is 1. The van der Waals surface area contributed by atoms with Gasteiger partial charge in [-0.1, -0.05) is 72.3 Å². The van der Waals surface area contributed by atoms with Crippen LogP contribution in [0.25, 0.3) is 49.0 Å². The second-order valence-corrected chi connectivity index (χ2v) is 7.59. The topological polar surface area (TPSA) is 4.93 Å². The van der Waals surface area contributed by atoms with Gasteiger partial charge < -0.3 is 4.57 Å². The van der Waals surface area contributed by atoms with Crippen molar-refractivity contribution in [3.8, 4) is 5.69 Å². The lowest BCUT2D eigenvalue weighted by molar-refractivity contribution is 1.18. The average molecular weight is 378 g/mol. The predicted molar refractivity (Wildman–Crippen MR) is 121 cm³/mol. The number of aromatic nitrogens is 1. The van der Waals surface area contributed by atoms with Crippen molar-refractivity contribution >= 4 is 55.0 Å². The third-order valence-corrected chi connectivity index (χ3v) is 5.93. The maximum atomic E-state index is 6.62. The quantitative estimate of drug-likeness (QED) is 0.258. The van der Waals surface area contributed by atoms with Gasteiger partial charge in [-0.05, 0) is 52.6 Å². The lowest BCUT2D eigenvalue weighted by atomic mass is 10.00. The molecule has 0 radical (unpaired) electrons. The maximum Gasteiger partial charge on any atom is 0.0547 e. The number of fused-ring (bicyclic) bond motifs is 6. The number of para-hydroxylation sites is 2. The highest BCUT2D eigenvalue weighted by atomic mass is 35.5. The minimum Gasteiger partial charge on any atom is -0.309 e. The smallest absolute Gasteiger partial charge is 0.0547 e. The molecule has 0 amide bonds. The van der Waals surface area contributed by atoms with Crippen LogP contribution in [0.2, 0.25) is 5.02 Å². The molecule has 5 aromatic carbocycles. The van der Waals surface area contributed by atoms with E-state index in [0.717, 1.165) is 10.4 Å². The van der Waals surface area contributed by atoms with E-state index in [0.29, 0.717) is 0 Å². The molecule has 0 aliphatic heterocycles. The number of halogens is 1. The minimum absolute atomic E-state index is 0.796. The first-order valence-corrected chi connectivity index (χ1v) is 9.79. The van der Waals surface area contributed by atoms with Crippen molar-refractivity contribution in [3.63, 3.8) is 0 Å². The predicted octanol–water partition coefficient (Wildman–Crippen LogP) is 7.74. The van der Waals surface area contributed by atoms with E-state index in [1.807, 2.05) is 12.1 Å². The zero-order valence-electron chi connectivity index (χ0n) is 15.1. The van der Waals surface area contributed by atoms with Gasteiger partial charge in [-0.15, -0.1) is 0 Å². The summed E-state index contributed by atoms with van der Waals surface area (Å²) in [5.74, 6) is 0. The van der Waals surface area contributed by atoms with E-state index in [2.05, 4.69) is 89.5 Å². The summed E-state index contributed by atoms with van der Waals surface area (Å²) in [4.78, 5) is 0. The highest BCUT2D eigenvalue weighted by molar-refractivity contribution is 6.38. The zero-order valence-corrected chi connectivity index (χ0v) is 15.8. The molecule has 6 rings (SSSR count). The molecule has 0 saturated carbocycles. The first-order chi connectivity index (χ1) is 13.8. The summed E-state index contributed by atoms with van der Waals surface area (Å²) in [6.07, 6.45) is 0. The summed E-state index contributed by atoms with van der Waals surface area (Å²) in [6.45, 7) is 0. The molecule has 0 aliphatic carbocycles. The summed E-state index contributed by atoms with van der Waals surface area (Å²) in [6, 6.07) is 34.2. The van der Waals surface area contributed by atoms with Gasteiger partial charge in [0.05, 0.1) is 11.0 Å². The number of nitrogens with zero attached hydrogens (tertiary/aromatic N) is 1. The van der Waals surface area contributed by atoms with E-state index in [-0.39, 0.29) is 0 Å². The molecule has 0 spiro atoms. The van der Waals surface area contributed by atoms with Crippen LogP contribution in [-0.4, -0.2) is 4.57 Å². The average Bonchev–Trinajstić information content (AvgIpc) is 3.06. The Bertz CT molecular complexity index is 1510. The van der Waals surface area contributed by atoms with Crippen LogP contribution in [0.3, 0.4) is 0 Å². The first kappa shape index (κ1) is 15.7. The molecule has 0 aliphatic rings. The van der Waals surface area contributed by atoms with Crippen molar-refractivity contribution in [1.29, 1.82) is 0 Å². The van der Waals surface area contributed by atoms with Gasteiger partial charge in [0.1, 0.15) is 0 Å². The molecule has 2 heteroatoms. The van der Waals surface area contributed by atoms with E-state index >= 15 is 0 Å². The molecule has 132 valence electrons. The fourth-order valence-corrected chi connectivity index (χ4v) is 4.67. The van der Waals surface area contributed by atoms with E-state index in [1.165, 1.54) is 43.7 Å². The Morgan fingerprint density at radius 2 is 1.32 bits per heavy atom. The highest BCUT2D eigenvalue weighted by Gasteiger charge is 2.14. The van der Waals surface area contributed by atoms with Crippen molar-refractivity contribution in [3.05, 3.63) is 102 Å².